The fourth-order valence-corrected chi connectivity index (χ4v) is 3.57. The summed E-state index contributed by atoms with van der Waals surface area (Å²) in [6.07, 6.45) is 0.376. The van der Waals surface area contributed by atoms with Gasteiger partial charge < -0.3 is 0 Å². The summed E-state index contributed by atoms with van der Waals surface area (Å²) in [7, 11) is 0. The summed E-state index contributed by atoms with van der Waals surface area (Å²) >= 11 is 3.47. The van der Waals surface area contributed by atoms with Gasteiger partial charge in [0.15, 0.2) is 0 Å². The lowest BCUT2D eigenvalue weighted by atomic mass is 9.92. The van der Waals surface area contributed by atoms with Crippen LogP contribution in [0.2, 0.25) is 0 Å². The zero-order valence-electron chi connectivity index (χ0n) is 15.7. The number of nitrogens with zero attached hydrogens (tertiary/aromatic N) is 3. The number of amides is 1. The number of halogens is 1. The molecule has 0 atom stereocenters. The molecule has 4 nitrogen and oxygen atoms in total. The van der Waals surface area contributed by atoms with Crippen molar-refractivity contribution in [3.05, 3.63) is 75.9 Å². The molecule has 1 amide bonds. The van der Waals surface area contributed by atoms with Gasteiger partial charge in [-0.15, -0.1) is 0 Å². The first-order valence-corrected chi connectivity index (χ1v) is 9.86. The Kier molecular flexibility index (Phi) is 4.42. The van der Waals surface area contributed by atoms with Crippen molar-refractivity contribution in [2.75, 3.05) is 4.90 Å². The van der Waals surface area contributed by atoms with Crippen LogP contribution in [0.4, 0.5) is 5.82 Å². The number of fused-ring (bicyclic) bond motifs is 3. The molecular weight excluding hydrogens is 402 g/mol. The molecule has 2 aromatic carbocycles. The third-order valence-electron chi connectivity index (χ3n) is 4.85. The molecule has 0 saturated heterocycles. The number of aromatic nitrogens is 2. The number of hydrogen-bond donors (Lipinski definition) is 0. The Morgan fingerprint density at radius 3 is 2.48 bits per heavy atom. The van der Waals surface area contributed by atoms with E-state index in [1.807, 2.05) is 58.1 Å². The lowest BCUT2D eigenvalue weighted by Crippen LogP contribution is -2.31. The molecule has 4 rings (SSSR count). The van der Waals surface area contributed by atoms with E-state index in [4.69, 9.17) is 5.10 Å². The van der Waals surface area contributed by atoms with Crippen LogP contribution in [0.15, 0.2) is 59.1 Å². The molecule has 0 unspecified atom stereocenters. The van der Waals surface area contributed by atoms with Crippen LogP contribution >= 0.6 is 15.9 Å². The molecule has 2 heterocycles. The van der Waals surface area contributed by atoms with E-state index in [0.717, 1.165) is 32.8 Å². The van der Waals surface area contributed by atoms with Crippen molar-refractivity contribution in [1.82, 2.24) is 9.78 Å². The van der Waals surface area contributed by atoms with E-state index in [1.165, 1.54) is 0 Å². The number of carbonyl (C=O) groups excluding carboxylic acids is 1. The van der Waals surface area contributed by atoms with E-state index in [0.29, 0.717) is 13.0 Å². The van der Waals surface area contributed by atoms with Gasteiger partial charge in [0.1, 0.15) is 5.82 Å². The molecule has 1 aliphatic rings. The second-order valence-corrected chi connectivity index (χ2v) is 8.88. The molecule has 27 heavy (non-hydrogen) atoms. The van der Waals surface area contributed by atoms with Gasteiger partial charge >= 0.3 is 0 Å². The monoisotopic (exact) mass is 423 g/mol. The van der Waals surface area contributed by atoms with Crippen LogP contribution < -0.4 is 4.90 Å². The van der Waals surface area contributed by atoms with Gasteiger partial charge in [-0.3, -0.25) is 9.69 Å². The summed E-state index contributed by atoms with van der Waals surface area (Å²) in [5, 5.41) is 4.88. The molecule has 0 fully saturated rings. The second kappa shape index (κ2) is 6.64. The number of carbonyl (C=O) groups is 1. The quantitative estimate of drug-likeness (QED) is 0.579. The van der Waals surface area contributed by atoms with Gasteiger partial charge in [0.2, 0.25) is 5.91 Å². The van der Waals surface area contributed by atoms with Gasteiger partial charge in [-0.25, -0.2) is 4.68 Å². The number of benzene rings is 2. The van der Waals surface area contributed by atoms with Crippen molar-refractivity contribution in [2.45, 2.75) is 39.2 Å². The number of rotatable bonds is 2. The van der Waals surface area contributed by atoms with Crippen LogP contribution in [-0.2, 0) is 23.2 Å². The summed E-state index contributed by atoms with van der Waals surface area (Å²) in [6.45, 7) is 6.95. The van der Waals surface area contributed by atoms with Crippen LogP contribution in [0.25, 0.3) is 5.69 Å². The highest BCUT2D eigenvalue weighted by Crippen LogP contribution is 2.33. The SMILES string of the molecule is CC(C)(C)c1cc2n(n1)-c1ccccc1CC(=O)N2Cc1ccc(Br)cc1. The number of para-hydroxylation sites is 1. The maximum atomic E-state index is 13.1. The van der Waals surface area contributed by atoms with Crippen molar-refractivity contribution in [3.63, 3.8) is 0 Å². The van der Waals surface area contributed by atoms with E-state index in [2.05, 4.69) is 42.8 Å². The summed E-state index contributed by atoms with van der Waals surface area (Å²) < 4.78 is 2.96. The first kappa shape index (κ1) is 18.0. The van der Waals surface area contributed by atoms with Crippen molar-refractivity contribution >= 4 is 27.7 Å². The zero-order valence-corrected chi connectivity index (χ0v) is 17.3. The van der Waals surface area contributed by atoms with E-state index in [1.54, 1.807) is 0 Å². The van der Waals surface area contributed by atoms with Crippen LogP contribution in [0.3, 0.4) is 0 Å². The van der Waals surface area contributed by atoms with Crippen molar-refractivity contribution in [2.24, 2.45) is 0 Å². The molecule has 0 spiro atoms. The topological polar surface area (TPSA) is 38.1 Å². The summed E-state index contributed by atoms with van der Waals surface area (Å²) in [5.74, 6) is 0.919. The van der Waals surface area contributed by atoms with Crippen LogP contribution in [0.1, 0.15) is 37.6 Å². The third kappa shape index (κ3) is 3.44. The third-order valence-corrected chi connectivity index (χ3v) is 5.38. The lowest BCUT2D eigenvalue weighted by molar-refractivity contribution is -0.118. The number of anilines is 1. The predicted molar refractivity (Wildman–Crippen MR) is 111 cm³/mol. The minimum absolute atomic E-state index is 0.0875. The fraction of sp³-hybridized carbons (Fsp3) is 0.273. The Bertz CT molecular complexity index is 999. The second-order valence-electron chi connectivity index (χ2n) is 7.96. The molecule has 3 aromatic rings. The molecule has 0 saturated carbocycles. The first-order valence-electron chi connectivity index (χ1n) is 9.06. The van der Waals surface area contributed by atoms with Crippen LogP contribution in [0, 0.1) is 0 Å². The molecule has 0 radical (unpaired) electrons. The Morgan fingerprint density at radius 1 is 1.07 bits per heavy atom. The van der Waals surface area contributed by atoms with Crippen molar-refractivity contribution in [3.8, 4) is 5.69 Å². The maximum absolute atomic E-state index is 13.1. The molecular formula is C22H22BrN3O. The van der Waals surface area contributed by atoms with E-state index in [-0.39, 0.29) is 11.3 Å². The standard InChI is InChI=1S/C22H22BrN3O/c1-22(2,3)19-13-20-25(14-15-8-10-17(23)11-9-15)21(27)12-16-6-4-5-7-18(16)26(20)24-19/h4-11,13H,12,14H2,1-3H3. The summed E-state index contributed by atoms with van der Waals surface area (Å²) in [4.78, 5) is 15.0. The molecule has 1 aliphatic heterocycles. The van der Waals surface area contributed by atoms with Crippen LogP contribution in [-0.4, -0.2) is 15.7 Å². The molecule has 1 aromatic heterocycles. The molecule has 0 aliphatic carbocycles. The highest BCUT2D eigenvalue weighted by molar-refractivity contribution is 9.10. The Hall–Kier alpha value is -2.40. The average molecular weight is 424 g/mol. The van der Waals surface area contributed by atoms with Crippen molar-refractivity contribution < 1.29 is 4.79 Å². The molecule has 0 bridgehead atoms. The van der Waals surface area contributed by atoms with Crippen molar-refractivity contribution in [1.29, 1.82) is 0 Å². The highest BCUT2D eigenvalue weighted by Gasteiger charge is 2.30. The molecule has 0 N–H and O–H groups in total. The van der Waals surface area contributed by atoms with Gasteiger partial charge in [0, 0.05) is 16.0 Å². The van der Waals surface area contributed by atoms with E-state index < -0.39 is 0 Å². The van der Waals surface area contributed by atoms with Gasteiger partial charge in [0.25, 0.3) is 0 Å². The van der Waals surface area contributed by atoms with Gasteiger partial charge in [-0.2, -0.15) is 5.10 Å². The van der Waals surface area contributed by atoms with E-state index in [9.17, 15) is 4.79 Å². The zero-order chi connectivity index (χ0) is 19.2. The number of hydrogen-bond acceptors (Lipinski definition) is 2. The summed E-state index contributed by atoms with van der Waals surface area (Å²) in [6, 6.07) is 18.2. The highest BCUT2D eigenvalue weighted by atomic mass is 79.9. The Labute approximate surface area is 167 Å². The average Bonchev–Trinajstić information content (AvgIpc) is 3.03. The molecule has 5 heteroatoms. The Balaban J connectivity index is 1.85. The normalized spacial score (nSPS) is 13.9. The van der Waals surface area contributed by atoms with Gasteiger partial charge in [0.05, 0.1) is 24.3 Å². The smallest absolute Gasteiger partial charge is 0.232 e. The van der Waals surface area contributed by atoms with Gasteiger partial charge in [-0.05, 0) is 29.3 Å². The minimum atomic E-state index is -0.0968. The van der Waals surface area contributed by atoms with Crippen LogP contribution in [0.5, 0.6) is 0 Å². The largest absolute Gasteiger partial charge is 0.292 e. The maximum Gasteiger partial charge on any atom is 0.232 e. The predicted octanol–water partition coefficient (Wildman–Crippen LogP) is 5.02. The molecule has 138 valence electrons. The summed E-state index contributed by atoms with van der Waals surface area (Å²) in [5.41, 5.74) is 3.95. The Morgan fingerprint density at radius 2 is 1.78 bits per heavy atom. The minimum Gasteiger partial charge on any atom is -0.292 e. The first-order chi connectivity index (χ1) is 12.8. The fourth-order valence-electron chi connectivity index (χ4n) is 3.30. The van der Waals surface area contributed by atoms with E-state index >= 15 is 0 Å². The lowest BCUT2D eigenvalue weighted by Gasteiger charge is -2.21. The van der Waals surface area contributed by atoms with Gasteiger partial charge in [-0.1, -0.05) is 67.0 Å².